The maximum atomic E-state index is 6.37. The lowest BCUT2D eigenvalue weighted by Gasteiger charge is -2.33. The second-order valence-electron chi connectivity index (χ2n) is 6.78. The average Bonchev–Trinajstić information content (AvgIpc) is 3.30. The Balaban J connectivity index is 1.52. The summed E-state index contributed by atoms with van der Waals surface area (Å²) in [5.41, 5.74) is 2.21. The SMILES string of the molecule is CC(C)c1nn(C)c(Cl)c1CNC[C@@H]1CN(C2CC2)CCO1. The van der Waals surface area contributed by atoms with Crippen molar-refractivity contribution < 1.29 is 4.74 Å². The van der Waals surface area contributed by atoms with Crippen LogP contribution in [0.15, 0.2) is 0 Å². The predicted octanol–water partition coefficient (Wildman–Crippen LogP) is 2.15. The molecule has 6 heteroatoms. The number of aryl methyl sites for hydroxylation is 1. The smallest absolute Gasteiger partial charge is 0.131 e. The highest BCUT2D eigenvalue weighted by atomic mass is 35.5. The Bertz CT molecular complexity index is 512. The van der Waals surface area contributed by atoms with E-state index in [-0.39, 0.29) is 6.10 Å². The molecule has 0 radical (unpaired) electrons. The first-order chi connectivity index (χ1) is 10.6. The summed E-state index contributed by atoms with van der Waals surface area (Å²) >= 11 is 6.37. The zero-order valence-electron chi connectivity index (χ0n) is 13.8. The van der Waals surface area contributed by atoms with Crippen molar-refractivity contribution in [2.75, 3.05) is 26.2 Å². The lowest BCUT2D eigenvalue weighted by molar-refractivity contribution is -0.0301. The molecule has 0 unspecified atom stereocenters. The first-order valence-electron chi connectivity index (χ1n) is 8.34. The number of hydrogen-bond acceptors (Lipinski definition) is 4. The van der Waals surface area contributed by atoms with E-state index in [1.54, 1.807) is 4.68 Å². The fourth-order valence-corrected chi connectivity index (χ4v) is 3.39. The van der Waals surface area contributed by atoms with Gasteiger partial charge in [0.1, 0.15) is 5.15 Å². The van der Waals surface area contributed by atoms with Crippen LogP contribution in [0.3, 0.4) is 0 Å². The largest absolute Gasteiger partial charge is 0.374 e. The van der Waals surface area contributed by atoms with E-state index in [2.05, 4.69) is 29.2 Å². The van der Waals surface area contributed by atoms with Gasteiger partial charge in [0, 0.05) is 44.8 Å². The summed E-state index contributed by atoms with van der Waals surface area (Å²) < 4.78 is 7.64. The highest BCUT2D eigenvalue weighted by Crippen LogP contribution is 2.28. The molecule has 1 saturated heterocycles. The minimum absolute atomic E-state index is 0.285. The van der Waals surface area contributed by atoms with Crippen LogP contribution in [0.4, 0.5) is 0 Å². The molecule has 3 rings (SSSR count). The van der Waals surface area contributed by atoms with Crippen LogP contribution in [0, 0.1) is 0 Å². The number of hydrogen-bond donors (Lipinski definition) is 1. The Hall–Kier alpha value is -0.620. The van der Waals surface area contributed by atoms with E-state index in [9.17, 15) is 0 Å². The third-order valence-electron chi connectivity index (χ3n) is 4.55. The molecule has 1 atom stereocenters. The van der Waals surface area contributed by atoms with Gasteiger partial charge in [0.15, 0.2) is 0 Å². The normalized spacial score (nSPS) is 23.4. The molecule has 1 aromatic heterocycles. The highest BCUT2D eigenvalue weighted by Gasteiger charge is 2.32. The van der Waals surface area contributed by atoms with Crippen LogP contribution in [-0.4, -0.2) is 53.1 Å². The number of halogens is 1. The van der Waals surface area contributed by atoms with Crippen LogP contribution < -0.4 is 5.32 Å². The van der Waals surface area contributed by atoms with E-state index in [4.69, 9.17) is 16.3 Å². The van der Waals surface area contributed by atoms with Crippen molar-refractivity contribution in [1.82, 2.24) is 20.0 Å². The molecule has 0 aromatic carbocycles. The van der Waals surface area contributed by atoms with E-state index in [1.165, 1.54) is 12.8 Å². The monoisotopic (exact) mass is 326 g/mol. The molecular formula is C16H27ClN4O. The third-order valence-corrected chi connectivity index (χ3v) is 5.03. The first-order valence-corrected chi connectivity index (χ1v) is 8.71. The highest BCUT2D eigenvalue weighted by molar-refractivity contribution is 6.30. The molecule has 0 bridgehead atoms. The molecule has 1 saturated carbocycles. The van der Waals surface area contributed by atoms with Gasteiger partial charge in [-0.15, -0.1) is 0 Å². The average molecular weight is 327 g/mol. The van der Waals surface area contributed by atoms with E-state index >= 15 is 0 Å². The van der Waals surface area contributed by atoms with Gasteiger partial charge in [0.25, 0.3) is 0 Å². The Morgan fingerprint density at radius 2 is 2.18 bits per heavy atom. The topological polar surface area (TPSA) is 42.3 Å². The molecule has 124 valence electrons. The molecule has 1 N–H and O–H groups in total. The summed E-state index contributed by atoms with van der Waals surface area (Å²) in [7, 11) is 1.90. The van der Waals surface area contributed by atoms with Crippen LogP contribution >= 0.6 is 11.6 Å². The van der Waals surface area contributed by atoms with Gasteiger partial charge < -0.3 is 10.1 Å². The minimum Gasteiger partial charge on any atom is -0.374 e. The van der Waals surface area contributed by atoms with Crippen LogP contribution in [-0.2, 0) is 18.3 Å². The van der Waals surface area contributed by atoms with Crippen molar-refractivity contribution in [3.8, 4) is 0 Å². The summed E-state index contributed by atoms with van der Waals surface area (Å²) in [6.07, 6.45) is 3.01. The molecule has 5 nitrogen and oxygen atoms in total. The van der Waals surface area contributed by atoms with Crippen molar-refractivity contribution in [3.05, 3.63) is 16.4 Å². The summed E-state index contributed by atoms with van der Waals surface area (Å²) in [5.74, 6) is 0.381. The zero-order valence-corrected chi connectivity index (χ0v) is 14.6. The van der Waals surface area contributed by atoms with Crippen LogP contribution in [0.5, 0.6) is 0 Å². The quantitative estimate of drug-likeness (QED) is 0.870. The van der Waals surface area contributed by atoms with Gasteiger partial charge in [-0.05, 0) is 18.8 Å². The van der Waals surface area contributed by atoms with E-state index in [0.717, 1.165) is 55.2 Å². The fraction of sp³-hybridized carbons (Fsp3) is 0.812. The Kier molecular flexibility index (Phi) is 5.07. The standard InChI is InChI=1S/C16H27ClN4O/c1-11(2)15-14(16(17)20(3)19-15)9-18-8-13-10-21(6-7-22-13)12-4-5-12/h11-13,18H,4-10H2,1-3H3/t13-/m1/s1. The number of rotatable bonds is 6. The van der Waals surface area contributed by atoms with Gasteiger partial charge in [0.05, 0.1) is 18.4 Å². The molecule has 2 heterocycles. The van der Waals surface area contributed by atoms with Crippen LogP contribution in [0.25, 0.3) is 0 Å². The fourth-order valence-electron chi connectivity index (χ4n) is 3.19. The molecule has 1 aliphatic heterocycles. The van der Waals surface area contributed by atoms with E-state index in [0.29, 0.717) is 5.92 Å². The van der Waals surface area contributed by atoms with Gasteiger partial charge in [-0.3, -0.25) is 9.58 Å². The van der Waals surface area contributed by atoms with E-state index < -0.39 is 0 Å². The number of ether oxygens (including phenoxy) is 1. The lowest BCUT2D eigenvalue weighted by atomic mass is 10.1. The number of nitrogens with one attached hydrogen (secondary N) is 1. The zero-order chi connectivity index (χ0) is 15.7. The van der Waals surface area contributed by atoms with Gasteiger partial charge in [-0.1, -0.05) is 25.4 Å². The van der Waals surface area contributed by atoms with Crippen molar-refractivity contribution in [2.24, 2.45) is 7.05 Å². The number of morpholine rings is 1. The number of nitrogens with zero attached hydrogens (tertiary/aromatic N) is 3. The Morgan fingerprint density at radius 3 is 2.86 bits per heavy atom. The van der Waals surface area contributed by atoms with Gasteiger partial charge in [0.2, 0.25) is 0 Å². The van der Waals surface area contributed by atoms with Crippen molar-refractivity contribution in [1.29, 1.82) is 0 Å². The molecule has 1 aromatic rings. The first kappa shape index (κ1) is 16.2. The maximum Gasteiger partial charge on any atom is 0.131 e. The number of aromatic nitrogens is 2. The van der Waals surface area contributed by atoms with Crippen LogP contribution in [0.2, 0.25) is 5.15 Å². The lowest BCUT2D eigenvalue weighted by Crippen LogP contribution is -2.47. The Labute approximate surface area is 137 Å². The molecule has 0 spiro atoms. The summed E-state index contributed by atoms with van der Waals surface area (Å²) in [6, 6.07) is 0.826. The van der Waals surface area contributed by atoms with Crippen molar-refractivity contribution in [2.45, 2.75) is 51.3 Å². The van der Waals surface area contributed by atoms with Gasteiger partial charge in [-0.25, -0.2) is 0 Å². The second-order valence-corrected chi connectivity index (χ2v) is 7.14. The van der Waals surface area contributed by atoms with Crippen LogP contribution in [0.1, 0.15) is 43.9 Å². The third kappa shape index (κ3) is 3.65. The molecule has 2 aliphatic rings. The second kappa shape index (κ2) is 6.87. The minimum atomic E-state index is 0.285. The van der Waals surface area contributed by atoms with Gasteiger partial charge in [-0.2, -0.15) is 5.10 Å². The van der Waals surface area contributed by atoms with E-state index in [1.807, 2.05) is 7.05 Å². The molecule has 1 aliphatic carbocycles. The summed E-state index contributed by atoms with van der Waals surface area (Å²) in [6.45, 7) is 8.92. The summed E-state index contributed by atoms with van der Waals surface area (Å²) in [5, 5.41) is 8.77. The molecular weight excluding hydrogens is 300 g/mol. The van der Waals surface area contributed by atoms with Gasteiger partial charge >= 0.3 is 0 Å². The summed E-state index contributed by atoms with van der Waals surface area (Å²) in [4.78, 5) is 2.58. The maximum absolute atomic E-state index is 6.37. The molecule has 22 heavy (non-hydrogen) atoms. The Morgan fingerprint density at radius 1 is 1.41 bits per heavy atom. The van der Waals surface area contributed by atoms with Crippen molar-refractivity contribution in [3.63, 3.8) is 0 Å². The predicted molar refractivity (Wildman–Crippen MR) is 88.3 cm³/mol. The van der Waals surface area contributed by atoms with Crippen molar-refractivity contribution >= 4 is 11.6 Å². The molecule has 2 fully saturated rings. The molecule has 0 amide bonds.